The van der Waals surface area contributed by atoms with Crippen molar-refractivity contribution in [2.24, 2.45) is 0 Å². The van der Waals surface area contributed by atoms with Gasteiger partial charge in [0.1, 0.15) is 5.75 Å². The number of nitrogens with zero attached hydrogens (tertiary/aromatic N) is 1. The fourth-order valence-corrected chi connectivity index (χ4v) is 4.86. The smallest absolute Gasteiger partial charge is 0.255 e. The Kier molecular flexibility index (Phi) is 8.65. The van der Waals surface area contributed by atoms with Gasteiger partial charge in [-0.2, -0.15) is 0 Å². The number of rotatable bonds is 10. The van der Waals surface area contributed by atoms with E-state index in [-0.39, 0.29) is 17.6 Å². The molecule has 190 valence electrons. The predicted molar refractivity (Wildman–Crippen MR) is 147 cm³/mol. The first kappa shape index (κ1) is 26.1. The molecule has 2 N–H and O–H groups in total. The quantitative estimate of drug-likeness (QED) is 0.247. The van der Waals surface area contributed by atoms with Crippen molar-refractivity contribution in [3.05, 3.63) is 77.7 Å². The van der Waals surface area contributed by atoms with Gasteiger partial charge in [0.05, 0.1) is 32.8 Å². The maximum absolute atomic E-state index is 12.7. The third kappa shape index (κ3) is 6.81. The maximum atomic E-state index is 12.7. The summed E-state index contributed by atoms with van der Waals surface area (Å²) in [5, 5.41) is 8.15. The molecule has 1 heterocycles. The van der Waals surface area contributed by atoms with Crippen LogP contribution in [0, 0.1) is 0 Å². The molecule has 0 saturated carbocycles. The van der Waals surface area contributed by atoms with E-state index >= 15 is 0 Å². The molecule has 0 unspecified atom stereocenters. The summed E-state index contributed by atoms with van der Waals surface area (Å²) in [7, 11) is 4.68. The van der Waals surface area contributed by atoms with Crippen LogP contribution >= 0.6 is 23.1 Å². The summed E-state index contributed by atoms with van der Waals surface area (Å²) < 4.78 is 15.7. The van der Waals surface area contributed by atoms with Gasteiger partial charge in [-0.25, -0.2) is 4.98 Å². The Labute approximate surface area is 223 Å². The van der Waals surface area contributed by atoms with Gasteiger partial charge in [0.15, 0.2) is 16.6 Å². The Hall–Kier alpha value is -4.02. The molecule has 3 aromatic carbocycles. The summed E-state index contributed by atoms with van der Waals surface area (Å²) in [6.45, 7) is 0. The highest BCUT2D eigenvalue weighted by atomic mass is 32.2. The topological polar surface area (TPSA) is 98.8 Å². The minimum absolute atomic E-state index is 0.166. The number of thioether (sulfide) groups is 1. The standard InChI is InChI=1S/C27H25N3O5S2/c1-33-20-10-7-17(8-11-20)22-15-37-27(29-22)30-25(31)16-36-21-6-4-5-19(14-21)28-26(32)18-9-12-23(34-2)24(13-18)35-3/h4-15H,16H2,1-3H3,(H,28,32)(H,29,30,31). The number of carbonyl (C=O) groups excluding carboxylic acids is 2. The molecule has 37 heavy (non-hydrogen) atoms. The molecule has 4 aromatic rings. The van der Waals surface area contributed by atoms with Crippen LogP contribution in [0.3, 0.4) is 0 Å². The highest BCUT2D eigenvalue weighted by molar-refractivity contribution is 8.00. The lowest BCUT2D eigenvalue weighted by Crippen LogP contribution is -2.14. The van der Waals surface area contributed by atoms with Gasteiger partial charge in [-0.3, -0.25) is 9.59 Å². The Morgan fingerprint density at radius 2 is 1.68 bits per heavy atom. The summed E-state index contributed by atoms with van der Waals surface area (Å²) in [6.07, 6.45) is 0. The average molecular weight is 536 g/mol. The monoisotopic (exact) mass is 535 g/mol. The van der Waals surface area contributed by atoms with Crippen molar-refractivity contribution in [1.82, 2.24) is 4.98 Å². The highest BCUT2D eigenvalue weighted by Gasteiger charge is 2.12. The van der Waals surface area contributed by atoms with Crippen LogP contribution in [0.2, 0.25) is 0 Å². The summed E-state index contributed by atoms with van der Waals surface area (Å²) >= 11 is 2.73. The summed E-state index contributed by atoms with van der Waals surface area (Å²) in [5.41, 5.74) is 2.79. The van der Waals surface area contributed by atoms with E-state index in [0.717, 1.165) is 21.9 Å². The highest BCUT2D eigenvalue weighted by Crippen LogP contribution is 2.29. The number of thiazole rings is 1. The Morgan fingerprint density at radius 3 is 2.41 bits per heavy atom. The molecule has 10 heteroatoms. The minimum Gasteiger partial charge on any atom is -0.497 e. The van der Waals surface area contributed by atoms with Crippen LogP contribution < -0.4 is 24.8 Å². The van der Waals surface area contributed by atoms with E-state index in [1.54, 1.807) is 31.4 Å². The van der Waals surface area contributed by atoms with Crippen LogP contribution in [-0.4, -0.2) is 43.9 Å². The van der Waals surface area contributed by atoms with Crippen molar-refractivity contribution < 1.29 is 23.8 Å². The molecule has 2 amide bonds. The number of hydrogen-bond donors (Lipinski definition) is 2. The van der Waals surface area contributed by atoms with E-state index in [9.17, 15) is 9.59 Å². The van der Waals surface area contributed by atoms with Crippen molar-refractivity contribution in [3.63, 3.8) is 0 Å². The number of methoxy groups -OCH3 is 3. The van der Waals surface area contributed by atoms with Crippen LogP contribution in [0.1, 0.15) is 10.4 Å². The molecule has 0 aliphatic rings. The fraction of sp³-hybridized carbons (Fsp3) is 0.148. The molecule has 0 fully saturated rings. The molecule has 0 saturated heterocycles. The van der Waals surface area contributed by atoms with E-state index in [0.29, 0.717) is 27.9 Å². The van der Waals surface area contributed by atoms with Crippen LogP contribution in [0.25, 0.3) is 11.3 Å². The Bertz CT molecular complexity index is 1390. The van der Waals surface area contributed by atoms with Crippen molar-refractivity contribution in [3.8, 4) is 28.5 Å². The molecule has 0 aliphatic heterocycles. The van der Waals surface area contributed by atoms with Crippen molar-refractivity contribution in [2.75, 3.05) is 37.7 Å². The van der Waals surface area contributed by atoms with E-state index in [1.165, 1.54) is 37.3 Å². The summed E-state index contributed by atoms with van der Waals surface area (Å²) in [4.78, 5) is 30.6. The molecule has 8 nitrogen and oxygen atoms in total. The first-order valence-electron chi connectivity index (χ1n) is 11.1. The molecular formula is C27H25N3O5S2. The van der Waals surface area contributed by atoms with Gasteiger partial charge in [0.25, 0.3) is 5.91 Å². The van der Waals surface area contributed by atoms with Crippen LogP contribution in [0.4, 0.5) is 10.8 Å². The Balaban J connectivity index is 1.32. The van der Waals surface area contributed by atoms with E-state index < -0.39 is 0 Å². The molecule has 4 rings (SSSR count). The number of nitrogens with one attached hydrogen (secondary N) is 2. The van der Waals surface area contributed by atoms with Gasteiger partial charge in [0, 0.05) is 27.1 Å². The van der Waals surface area contributed by atoms with Crippen molar-refractivity contribution in [2.45, 2.75) is 4.90 Å². The third-order valence-corrected chi connectivity index (χ3v) is 7.00. The first-order valence-corrected chi connectivity index (χ1v) is 13.0. The van der Waals surface area contributed by atoms with Crippen molar-refractivity contribution >= 4 is 45.7 Å². The zero-order valence-electron chi connectivity index (χ0n) is 20.4. The second kappa shape index (κ2) is 12.3. The number of carbonyl (C=O) groups is 2. The summed E-state index contributed by atoms with van der Waals surface area (Å²) in [6, 6.07) is 19.9. The zero-order valence-corrected chi connectivity index (χ0v) is 22.1. The number of anilines is 2. The zero-order chi connectivity index (χ0) is 26.2. The number of amides is 2. The normalized spacial score (nSPS) is 10.5. The van der Waals surface area contributed by atoms with E-state index in [1.807, 2.05) is 47.8 Å². The third-order valence-electron chi connectivity index (χ3n) is 5.24. The van der Waals surface area contributed by atoms with Gasteiger partial charge >= 0.3 is 0 Å². The second-order valence-corrected chi connectivity index (χ2v) is 9.56. The maximum Gasteiger partial charge on any atom is 0.255 e. The van der Waals surface area contributed by atoms with Gasteiger partial charge < -0.3 is 24.8 Å². The number of benzene rings is 3. The fourth-order valence-electron chi connectivity index (χ4n) is 3.37. The van der Waals surface area contributed by atoms with E-state index in [4.69, 9.17) is 14.2 Å². The summed E-state index contributed by atoms with van der Waals surface area (Å²) in [5.74, 6) is 1.55. The molecule has 0 atom stereocenters. The van der Waals surface area contributed by atoms with Crippen molar-refractivity contribution in [1.29, 1.82) is 0 Å². The number of hydrogen-bond acceptors (Lipinski definition) is 8. The van der Waals surface area contributed by atoms with Crippen LogP contribution in [-0.2, 0) is 4.79 Å². The molecule has 0 spiro atoms. The van der Waals surface area contributed by atoms with E-state index in [2.05, 4.69) is 15.6 Å². The first-order chi connectivity index (χ1) is 18.0. The SMILES string of the molecule is COc1ccc(-c2csc(NC(=O)CSc3cccc(NC(=O)c4ccc(OC)c(OC)c4)c3)n2)cc1. The molecule has 0 radical (unpaired) electrons. The number of aromatic nitrogens is 1. The van der Waals surface area contributed by atoms with Gasteiger partial charge in [-0.05, 0) is 60.7 Å². The lowest BCUT2D eigenvalue weighted by atomic mass is 10.2. The van der Waals surface area contributed by atoms with Gasteiger partial charge in [-0.1, -0.05) is 6.07 Å². The molecule has 1 aromatic heterocycles. The second-order valence-electron chi connectivity index (χ2n) is 7.65. The van der Waals surface area contributed by atoms with Crippen LogP contribution in [0.15, 0.2) is 77.0 Å². The minimum atomic E-state index is -0.280. The molecule has 0 aliphatic carbocycles. The average Bonchev–Trinajstić information content (AvgIpc) is 3.40. The lowest BCUT2D eigenvalue weighted by Gasteiger charge is -2.10. The van der Waals surface area contributed by atoms with Gasteiger partial charge in [0.2, 0.25) is 5.91 Å². The molecular weight excluding hydrogens is 510 g/mol. The number of ether oxygens (including phenoxy) is 3. The largest absolute Gasteiger partial charge is 0.497 e. The van der Waals surface area contributed by atoms with Gasteiger partial charge in [-0.15, -0.1) is 23.1 Å². The predicted octanol–water partition coefficient (Wildman–Crippen LogP) is 5.82. The Morgan fingerprint density at radius 1 is 0.892 bits per heavy atom. The molecule has 0 bridgehead atoms. The van der Waals surface area contributed by atoms with Crippen LogP contribution in [0.5, 0.6) is 17.2 Å². The lowest BCUT2D eigenvalue weighted by molar-refractivity contribution is -0.113.